The van der Waals surface area contributed by atoms with Crippen LogP contribution in [-0.4, -0.2) is 27.7 Å². The zero-order valence-electron chi connectivity index (χ0n) is 12.2. The zero-order chi connectivity index (χ0) is 15.4. The fourth-order valence-electron chi connectivity index (χ4n) is 2.21. The van der Waals surface area contributed by atoms with Crippen molar-refractivity contribution in [2.24, 2.45) is 0 Å². The third-order valence-electron chi connectivity index (χ3n) is 3.19. The minimum atomic E-state index is -3.00. The first-order valence-electron chi connectivity index (χ1n) is 7.12. The van der Waals surface area contributed by atoms with E-state index in [9.17, 15) is 4.57 Å². The standard InChI is InChI=1S/C16H17O3PSSe/c1-2-18-20(17)10-8-15(22-14-6-4-3-5-7-14)16(19-20)13-9-11-21-12-13/h3-7,9,11-12H,2,8,10H2,1H3. The Morgan fingerprint density at radius 2 is 2.14 bits per heavy atom. The molecule has 1 aliphatic rings. The van der Waals surface area contributed by atoms with Gasteiger partial charge in [0.25, 0.3) is 0 Å². The molecule has 2 aromatic rings. The number of hydrogen-bond acceptors (Lipinski definition) is 4. The molecular formula is C16H17O3PSSe. The minimum absolute atomic E-state index is 0.177. The summed E-state index contributed by atoms with van der Waals surface area (Å²) in [7, 11) is -3.00. The van der Waals surface area contributed by atoms with Gasteiger partial charge in [0.2, 0.25) is 0 Å². The topological polar surface area (TPSA) is 35.5 Å². The van der Waals surface area contributed by atoms with Gasteiger partial charge in [-0.25, -0.2) is 0 Å². The van der Waals surface area contributed by atoms with E-state index < -0.39 is 7.60 Å². The van der Waals surface area contributed by atoms with Gasteiger partial charge in [0.15, 0.2) is 0 Å². The molecular weight excluding hydrogens is 382 g/mol. The van der Waals surface area contributed by atoms with Crippen LogP contribution in [0.3, 0.4) is 0 Å². The van der Waals surface area contributed by atoms with Crippen LogP contribution in [0.15, 0.2) is 51.6 Å². The summed E-state index contributed by atoms with van der Waals surface area (Å²) in [6.45, 7) is 2.26. The molecule has 0 N–H and O–H groups in total. The SMILES string of the molecule is CCOP1(=O)CCC([Se]c2ccccc2)=C(c2ccsc2)O1. The zero-order valence-corrected chi connectivity index (χ0v) is 15.7. The maximum atomic E-state index is 12.7. The van der Waals surface area contributed by atoms with Crippen LogP contribution < -0.4 is 4.46 Å². The second-order valence-corrected chi connectivity index (χ2v) is 10.1. The van der Waals surface area contributed by atoms with Gasteiger partial charge in [-0.15, -0.1) is 0 Å². The second kappa shape index (κ2) is 7.16. The molecule has 1 unspecified atom stereocenters. The van der Waals surface area contributed by atoms with Crippen molar-refractivity contribution in [3.63, 3.8) is 0 Å². The van der Waals surface area contributed by atoms with Crippen molar-refractivity contribution in [1.29, 1.82) is 0 Å². The van der Waals surface area contributed by atoms with Gasteiger partial charge in [-0.3, -0.25) is 0 Å². The predicted octanol–water partition coefficient (Wildman–Crippen LogP) is 4.10. The average Bonchev–Trinajstić information content (AvgIpc) is 3.05. The van der Waals surface area contributed by atoms with Gasteiger partial charge in [0, 0.05) is 0 Å². The molecule has 3 nitrogen and oxygen atoms in total. The molecule has 1 atom stereocenters. The van der Waals surface area contributed by atoms with Gasteiger partial charge in [-0.1, -0.05) is 0 Å². The molecule has 0 fully saturated rings. The monoisotopic (exact) mass is 400 g/mol. The van der Waals surface area contributed by atoms with Crippen LogP contribution in [0, 0.1) is 0 Å². The third kappa shape index (κ3) is 3.73. The van der Waals surface area contributed by atoms with Crippen LogP contribution in [0.5, 0.6) is 0 Å². The summed E-state index contributed by atoms with van der Waals surface area (Å²) >= 11 is 1.79. The van der Waals surface area contributed by atoms with Crippen molar-refractivity contribution < 1.29 is 13.6 Å². The fourth-order valence-corrected chi connectivity index (χ4v) is 7.15. The van der Waals surface area contributed by atoms with Gasteiger partial charge in [0.1, 0.15) is 0 Å². The molecule has 22 heavy (non-hydrogen) atoms. The van der Waals surface area contributed by atoms with Crippen molar-refractivity contribution in [2.45, 2.75) is 13.3 Å². The summed E-state index contributed by atoms with van der Waals surface area (Å²) < 4.78 is 26.5. The first-order valence-corrected chi connectivity index (χ1v) is 11.5. The van der Waals surface area contributed by atoms with E-state index in [1.807, 2.05) is 29.8 Å². The summed E-state index contributed by atoms with van der Waals surface area (Å²) in [6, 6.07) is 12.4. The summed E-state index contributed by atoms with van der Waals surface area (Å²) in [5, 5.41) is 4.05. The van der Waals surface area contributed by atoms with Crippen LogP contribution in [0.4, 0.5) is 0 Å². The normalized spacial score (nSPS) is 21.7. The molecule has 0 spiro atoms. The number of hydrogen-bond donors (Lipinski definition) is 0. The molecule has 0 aliphatic carbocycles. The van der Waals surface area contributed by atoms with Crippen LogP contribution in [-0.2, 0) is 13.6 Å². The quantitative estimate of drug-likeness (QED) is 0.561. The molecule has 2 heterocycles. The van der Waals surface area contributed by atoms with Gasteiger partial charge in [0.05, 0.1) is 0 Å². The molecule has 1 aromatic heterocycles. The van der Waals surface area contributed by atoms with Crippen molar-refractivity contribution in [1.82, 2.24) is 0 Å². The second-order valence-electron chi connectivity index (χ2n) is 4.77. The molecule has 0 amide bonds. The van der Waals surface area contributed by atoms with Crippen molar-refractivity contribution >= 4 is 44.1 Å². The van der Waals surface area contributed by atoms with E-state index in [0.29, 0.717) is 12.8 Å². The predicted molar refractivity (Wildman–Crippen MR) is 92.9 cm³/mol. The molecule has 116 valence electrons. The third-order valence-corrected chi connectivity index (χ3v) is 8.16. The number of thiophene rings is 1. The van der Waals surface area contributed by atoms with E-state index in [-0.39, 0.29) is 15.0 Å². The molecule has 0 saturated carbocycles. The fraction of sp³-hybridized carbons (Fsp3) is 0.250. The van der Waals surface area contributed by atoms with Crippen molar-refractivity contribution in [3.05, 3.63) is 57.2 Å². The van der Waals surface area contributed by atoms with Crippen LogP contribution in [0.2, 0.25) is 0 Å². The van der Waals surface area contributed by atoms with E-state index >= 15 is 0 Å². The molecule has 6 heteroatoms. The van der Waals surface area contributed by atoms with Crippen LogP contribution >= 0.6 is 18.9 Å². The summed E-state index contributed by atoms with van der Waals surface area (Å²) in [4.78, 5) is 0. The molecule has 0 bridgehead atoms. The van der Waals surface area contributed by atoms with Crippen LogP contribution in [0.25, 0.3) is 5.76 Å². The Kier molecular flexibility index (Phi) is 5.22. The summed E-state index contributed by atoms with van der Waals surface area (Å²) in [6.07, 6.45) is 1.25. The number of benzene rings is 1. The average molecular weight is 399 g/mol. The van der Waals surface area contributed by atoms with Gasteiger partial charge >= 0.3 is 141 Å². The molecule has 1 aliphatic heterocycles. The Hall–Kier alpha value is -0.831. The summed E-state index contributed by atoms with van der Waals surface area (Å²) in [5.41, 5.74) is 1.01. The van der Waals surface area contributed by atoms with Crippen LogP contribution in [0.1, 0.15) is 18.9 Å². The summed E-state index contributed by atoms with van der Waals surface area (Å²) in [5.74, 6) is 0.771. The van der Waals surface area contributed by atoms with E-state index in [2.05, 4.69) is 24.3 Å². The Bertz CT molecular complexity index is 697. The molecule has 3 rings (SSSR count). The maximum absolute atomic E-state index is 12.7. The number of allylic oxidation sites excluding steroid dienone is 1. The van der Waals surface area contributed by atoms with Crippen molar-refractivity contribution in [3.8, 4) is 0 Å². The molecule has 0 saturated heterocycles. The Labute approximate surface area is 141 Å². The first-order chi connectivity index (χ1) is 10.7. The Morgan fingerprint density at radius 3 is 2.82 bits per heavy atom. The Morgan fingerprint density at radius 1 is 1.32 bits per heavy atom. The van der Waals surface area contributed by atoms with Gasteiger partial charge in [-0.2, -0.15) is 0 Å². The van der Waals surface area contributed by atoms with Crippen molar-refractivity contribution in [2.75, 3.05) is 12.8 Å². The molecule has 1 aromatic carbocycles. The van der Waals surface area contributed by atoms with E-state index in [4.69, 9.17) is 9.05 Å². The van der Waals surface area contributed by atoms with Gasteiger partial charge in [-0.05, 0) is 0 Å². The van der Waals surface area contributed by atoms with Gasteiger partial charge < -0.3 is 0 Å². The Balaban J connectivity index is 1.94. The molecule has 0 radical (unpaired) electrons. The van der Waals surface area contributed by atoms with E-state index in [0.717, 1.165) is 17.7 Å². The van der Waals surface area contributed by atoms with E-state index in [1.165, 1.54) is 8.93 Å². The van der Waals surface area contributed by atoms with E-state index in [1.54, 1.807) is 11.3 Å². The number of rotatable bonds is 5. The first kappa shape index (κ1) is 16.0.